The van der Waals surface area contributed by atoms with Crippen molar-refractivity contribution in [3.8, 4) is 11.5 Å². The van der Waals surface area contributed by atoms with Gasteiger partial charge in [-0.2, -0.15) is 0 Å². The van der Waals surface area contributed by atoms with E-state index in [1.54, 1.807) is 19.2 Å². The Hall–Kier alpha value is -2.53. The fourth-order valence-corrected chi connectivity index (χ4v) is 2.82. The van der Waals surface area contributed by atoms with Gasteiger partial charge in [0.1, 0.15) is 11.5 Å². The van der Waals surface area contributed by atoms with Crippen LogP contribution in [0.4, 0.5) is 5.69 Å². The smallest absolute Gasteiger partial charge is 0.211 e. The number of anilines is 1. The number of methoxy groups -OCH3 is 1. The molecule has 134 valence electrons. The van der Waals surface area contributed by atoms with Crippen LogP contribution in [-0.2, 0) is 11.2 Å². The van der Waals surface area contributed by atoms with E-state index in [4.69, 9.17) is 4.74 Å². The molecular weight excluding hydrogens is 318 g/mol. The fraction of sp³-hybridized carbons (Fsp3) is 0.350. The van der Waals surface area contributed by atoms with E-state index in [2.05, 4.69) is 24.4 Å². The normalized spacial score (nSPS) is 13.1. The molecule has 0 bridgehead atoms. The van der Waals surface area contributed by atoms with Gasteiger partial charge in [-0.05, 0) is 60.6 Å². The third kappa shape index (κ3) is 5.50. The molecule has 2 unspecified atom stereocenters. The number of aliphatic hydroxyl groups is 1. The van der Waals surface area contributed by atoms with Crippen LogP contribution in [0.25, 0.3) is 0 Å². The zero-order chi connectivity index (χ0) is 18.2. The molecule has 1 amide bonds. The molecule has 3 N–H and O–H groups in total. The Morgan fingerprint density at radius 2 is 1.88 bits per heavy atom. The third-order valence-corrected chi connectivity index (χ3v) is 4.30. The van der Waals surface area contributed by atoms with Crippen molar-refractivity contribution in [2.75, 3.05) is 12.4 Å². The summed E-state index contributed by atoms with van der Waals surface area (Å²) in [7, 11) is 1.65. The van der Waals surface area contributed by atoms with Crippen molar-refractivity contribution in [2.24, 2.45) is 5.92 Å². The van der Waals surface area contributed by atoms with Gasteiger partial charge in [-0.15, -0.1) is 0 Å². The fourth-order valence-electron chi connectivity index (χ4n) is 2.82. The Morgan fingerprint density at radius 1 is 1.16 bits per heavy atom. The number of amides is 1. The molecule has 5 heteroatoms. The van der Waals surface area contributed by atoms with Crippen molar-refractivity contribution < 1.29 is 19.7 Å². The number of rotatable bonds is 9. The van der Waals surface area contributed by atoms with Crippen molar-refractivity contribution >= 4 is 12.1 Å². The minimum absolute atomic E-state index is 0.0177. The van der Waals surface area contributed by atoms with E-state index in [1.807, 2.05) is 12.1 Å². The number of carbonyl (C=O) groups is 1. The summed E-state index contributed by atoms with van der Waals surface area (Å²) in [6.45, 7) is 2.16. The van der Waals surface area contributed by atoms with Crippen LogP contribution < -0.4 is 10.1 Å². The van der Waals surface area contributed by atoms with E-state index < -0.39 is 6.10 Å². The second kappa shape index (κ2) is 9.08. The molecular formula is C20H25NO4. The Bertz CT molecular complexity index is 685. The van der Waals surface area contributed by atoms with E-state index in [1.165, 1.54) is 11.6 Å². The van der Waals surface area contributed by atoms with Crippen LogP contribution in [0.1, 0.15) is 37.0 Å². The summed E-state index contributed by atoms with van der Waals surface area (Å²) in [4.78, 5) is 10.5. The second-order valence-electron chi connectivity index (χ2n) is 6.29. The van der Waals surface area contributed by atoms with Gasteiger partial charge >= 0.3 is 0 Å². The molecule has 0 aliphatic heterocycles. The quantitative estimate of drug-likeness (QED) is 0.479. The van der Waals surface area contributed by atoms with E-state index in [-0.39, 0.29) is 5.75 Å². The predicted octanol–water partition coefficient (Wildman–Crippen LogP) is 3.66. The largest absolute Gasteiger partial charge is 0.506 e. The highest BCUT2D eigenvalue weighted by Crippen LogP contribution is 2.29. The van der Waals surface area contributed by atoms with Gasteiger partial charge in [0.25, 0.3) is 0 Å². The lowest BCUT2D eigenvalue weighted by atomic mass is 9.93. The number of hydrogen-bond acceptors (Lipinski definition) is 4. The first-order valence-corrected chi connectivity index (χ1v) is 8.37. The standard InChI is InChI=1S/C20H25NO4/c1-14(11-15-4-7-17(25-2)8-5-15)3-9-19(23)16-6-10-20(24)18(12-16)21-13-22/h4-8,10,12-14,19,23-24H,3,9,11H2,1-2H3,(H,21,22). The van der Waals surface area contributed by atoms with Gasteiger partial charge in [0.05, 0.1) is 18.9 Å². The zero-order valence-electron chi connectivity index (χ0n) is 14.6. The van der Waals surface area contributed by atoms with Crippen LogP contribution in [-0.4, -0.2) is 23.7 Å². The van der Waals surface area contributed by atoms with Gasteiger partial charge in [-0.25, -0.2) is 0 Å². The molecule has 0 heterocycles. The average molecular weight is 343 g/mol. The van der Waals surface area contributed by atoms with Gasteiger partial charge in [0.15, 0.2) is 0 Å². The van der Waals surface area contributed by atoms with E-state index in [0.717, 1.165) is 18.6 Å². The monoisotopic (exact) mass is 343 g/mol. The molecule has 0 aliphatic rings. The number of hydrogen-bond donors (Lipinski definition) is 3. The Kier molecular flexibility index (Phi) is 6.83. The number of phenols is 1. The maximum absolute atomic E-state index is 10.5. The van der Waals surface area contributed by atoms with Gasteiger partial charge in [0, 0.05) is 0 Å². The lowest BCUT2D eigenvalue weighted by Crippen LogP contribution is -2.05. The molecule has 0 aromatic heterocycles. The van der Waals surface area contributed by atoms with Crippen LogP contribution in [0.15, 0.2) is 42.5 Å². The molecule has 0 fully saturated rings. The molecule has 0 aliphatic carbocycles. The molecule has 2 aromatic rings. The highest BCUT2D eigenvalue weighted by molar-refractivity contribution is 5.75. The summed E-state index contributed by atoms with van der Waals surface area (Å²) >= 11 is 0. The number of benzene rings is 2. The third-order valence-electron chi connectivity index (χ3n) is 4.30. The predicted molar refractivity (Wildman–Crippen MR) is 97.8 cm³/mol. The Labute approximate surface area is 148 Å². The number of ether oxygens (including phenoxy) is 1. The van der Waals surface area contributed by atoms with Crippen LogP contribution in [0.3, 0.4) is 0 Å². The first-order valence-electron chi connectivity index (χ1n) is 8.37. The SMILES string of the molecule is COc1ccc(CC(C)CCC(O)c2ccc(O)c(NC=O)c2)cc1. The summed E-state index contributed by atoms with van der Waals surface area (Å²) in [6, 6.07) is 12.8. The highest BCUT2D eigenvalue weighted by atomic mass is 16.5. The Morgan fingerprint density at radius 3 is 2.52 bits per heavy atom. The molecule has 5 nitrogen and oxygen atoms in total. The van der Waals surface area contributed by atoms with Crippen molar-refractivity contribution in [3.63, 3.8) is 0 Å². The van der Waals surface area contributed by atoms with Gasteiger partial charge in [-0.1, -0.05) is 25.1 Å². The van der Waals surface area contributed by atoms with Crippen molar-refractivity contribution in [1.29, 1.82) is 0 Å². The molecule has 2 atom stereocenters. The molecule has 0 radical (unpaired) electrons. The number of nitrogens with one attached hydrogen (secondary N) is 1. The number of aliphatic hydroxyl groups excluding tert-OH is 1. The second-order valence-corrected chi connectivity index (χ2v) is 6.29. The van der Waals surface area contributed by atoms with Crippen molar-refractivity contribution in [1.82, 2.24) is 0 Å². The summed E-state index contributed by atoms with van der Waals surface area (Å²) in [5.41, 5.74) is 2.22. The zero-order valence-corrected chi connectivity index (χ0v) is 14.6. The lowest BCUT2D eigenvalue weighted by molar-refractivity contribution is -0.105. The summed E-state index contributed by atoms with van der Waals surface area (Å²) in [5, 5.41) is 22.5. The Balaban J connectivity index is 1.88. The lowest BCUT2D eigenvalue weighted by Gasteiger charge is -2.16. The molecule has 0 saturated carbocycles. The van der Waals surface area contributed by atoms with Gasteiger partial charge in [0.2, 0.25) is 6.41 Å². The molecule has 2 rings (SSSR count). The highest BCUT2D eigenvalue weighted by Gasteiger charge is 2.13. The van der Waals surface area contributed by atoms with E-state index >= 15 is 0 Å². The summed E-state index contributed by atoms with van der Waals surface area (Å²) in [6.07, 6.45) is 2.28. The minimum Gasteiger partial charge on any atom is -0.506 e. The summed E-state index contributed by atoms with van der Waals surface area (Å²) < 4.78 is 5.16. The van der Waals surface area contributed by atoms with E-state index in [0.29, 0.717) is 30.0 Å². The molecule has 0 spiro atoms. The molecule has 2 aromatic carbocycles. The van der Waals surface area contributed by atoms with Gasteiger partial charge < -0.3 is 20.3 Å². The van der Waals surface area contributed by atoms with E-state index in [9.17, 15) is 15.0 Å². The van der Waals surface area contributed by atoms with Crippen molar-refractivity contribution in [3.05, 3.63) is 53.6 Å². The topological polar surface area (TPSA) is 78.8 Å². The molecule has 0 saturated heterocycles. The number of phenolic OH excluding ortho intramolecular Hbond substituents is 1. The maximum Gasteiger partial charge on any atom is 0.211 e. The average Bonchev–Trinajstić information content (AvgIpc) is 2.62. The first-order chi connectivity index (χ1) is 12.0. The first kappa shape index (κ1) is 18.8. The van der Waals surface area contributed by atoms with Crippen LogP contribution >= 0.6 is 0 Å². The van der Waals surface area contributed by atoms with Crippen molar-refractivity contribution in [2.45, 2.75) is 32.3 Å². The minimum atomic E-state index is -0.633. The van der Waals surface area contributed by atoms with Crippen LogP contribution in [0.2, 0.25) is 0 Å². The maximum atomic E-state index is 10.5. The van der Waals surface area contributed by atoms with Crippen LogP contribution in [0, 0.1) is 5.92 Å². The van der Waals surface area contributed by atoms with Crippen LogP contribution in [0.5, 0.6) is 11.5 Å². The number of aromatic hydroxyl groups is 1. The van der Waals surface area contributed by atoms with Gasteiger partial charge in [-0.3, -0.25) is 4.79 Å². The molecule has 25 heavy (non-hydrogen) atoms. The number of carbonyl (C=O) groups excluding carboxylic acids is 1. The summed E-state index contributed by atoms with van der Waals surface area (Å²) in [5.74, 6) is 1.25.